The molecule has 1 amide bonds. The number of halogens is 2. The highest BCUT2D eigenvalue weighted by Gasteiger charge is 2.55. The highest BCUT2D eigenvalue weighted by atomic mass is 35.5. The first kappa shape index (κ1) is 20.6. The van der Waals surface area contributed by atoms with E-state index in [9.17, 15) is 14.3 Å². The molecule has 29 heavy (non-hydrogen) atoms. The second kappa shape index (κ2) is 6.95. The number of hydrogen-bond acceptors (Lipinski definition) is 4. The Hall–Kier alpha value is -1.66. The lowest BCUT2D eigenvalue weighted by atomic mass is 9.61. The maximum absolute atomic E-state index is 14.1. The van der Waals surface area contributed by atoms with Crippen LogP contribution in [0.2, 0.25) is 5.02 Å². The number of benzene rings is 1. The first-order chi connectivity index (χ1) is 13.5. The summed E-state index contributed by atoms with van der Waals surface area (Å²) in [5.74, 6) is -0.0570. The zero-order valence-electron chi connectivity index (χ0n) is 17.2. The summed E-state index contributed by atoms with van der Waals surface area (Å²) in [6.45, 7) is 3.66. The van der Waals surface area contributed by atoms with Crippen LogP contribution in [0.15, 0.2) is 12.1 Å². The van der Waals surface area contributed by atoms with E-state index in [2.05, 4.69) is 5.32 Å². The van der Waals surface area contributed by atoms with Gasteiger partial charge in [0.15, 0.2) is 0 Å². The zero-order valence-corrected chi connectivity index (χ0v) is 17.9. The average molecular weight is 422 g/mol. The molecule has 2 heterocycles. The third-order valence-electron chi connectivity index (χ3n) is 7.07. The Morgan fingerprint density at radius 2 is 1.97 bits per heavy atom. The number of rotatable bonds is 5. The molecular weight excluding hydrogens is 393 g/mol. The molecule has 0 aromatic heterocycles. The fourth-order valence-corrected chi connectivity index (χ4v) is 6.15. The van der Waals surface area contributed by atoms with Gasteiger partial charge in [-0.15, -0.1) is 0 Å². The maximum atomic E-state index is 14.1. The Bertz CT molecular complexity index is 856. The van der Waals surface area contributed by atoms with E-state index < -0.39 is 16.8 Å². The van der Waals surface area contributed by atoms with E-state index in [4.69, 9.17) is 17.0 Å². The van der Waals surface area contributed by atoms with E-state index >= 15 is 0 Å². The molecule has 4 aliphatic rings. The van der Waals surface area contributed by atoms with E-state index in [1.165, 1.54) is 6.07 Å². The fourth-order valence-electron chi connectivity index (χ4n) is 5.89. The minimum atomic E-state index is -0.814. The molecule has 2 saturated heterocycles. The van der Waals surface area contributed by atoms with Crippen LogP contribution in [0.1, 0.15) is 57.9 Å². The summed E-state index contributed by atoms with van der Waals surface area (Å²) in [4.78, 5) is 15.3. The smallest absolute Gasteiger partial charge is 0.224 e. The summed E-state index contributed by atoms with van der Waals surface area (Å²) in [5.41, 5.74) is -0.401. The number of hydrogen-bond donors (Lipinski definition) is 3. The topological polar surface area (TPSA) is 76.4 Å². The van der Waals surface area contributed by atoms with Crippen LogP contribution in [0.4, 0.5) is 10.1 Å². The summed E-state index contributed by atoms with van der Waals surface area (Å²) in [7, 11) is 1.70. The van der Waals surface area contributed by atoms with Gasteiger partial charge in [0.1, 0.15) is 5.82 Å². The van der Waals surface area contributed by atoms with Gasteiger partial charge in [-0.05, 0) is 50.2 Å². The van der Waals surface area contributed by atoms with Gasteiger partial charge < -0.3 is 20.7 Å². The van der Waals surface area contributed by atoms with Crippen LogP contribution in [-0.4, -0.2) is 46.4 Å². The van der Waals surface area contributed by atoms with Gasteiger partial charge in [-0.25, -0.2) is 4.39 Å². The van der Waals surface area contributed by atoms with E-state index in [1.807, 2.05) is 18.7 Å². The van der Waals surface area contributed by atoms with Crippen molar-refractivity contribution in [1.82, 2.24) is 4.90 Å². The average Bonchev–Trinajstić information content (AvgIpc) is 2.61. The molecule has 2 atom stereocenters. The number of anilines is 1. The first-order valence-electron chi connectivity index (χ1n) is 10.3. The Kier molecular flexibility index (Phi) is 4.94. The van der Waals surface area contributed by atoms with Gasteiger partial charge in [-0.1, -0.05) is 25.4 Å². The van der Waals surface area contributed by atoms with Crippen molar-refractivity contribution < 1.29 is 14.3 Å². The van der Waals surface area contributed by atoms with Crippen LogP contribution in [0.5, 0.6) is 0 Å². The molecule has 1 aromatic rings. The van der Waals surface area contributed by atoms with Crippen molar-refractivity contribution in [2.75, 3.05) is 12.4 Å². The van der Waals surface area contributed by atoms with Gasteiger partial charge >= 0.3 is 0 Å². The molecule has 1 aromatic carbocycles. The number of nitrogens with one attached hydrogen (secondary N) is 2. The van der Waals surface area contributed by atoms with Crippen molar-refractivity contribution in [2.24, 2.45) is 11.3 Å². The van der Waals surface area contributed by atoms with Crippen molar-refractivity contribution >= 4 is 28.9 Å². The molecule has 5 rings (SSSR count). The molecule has 3 N–H and O–H groups in total. The van der Waals surface area contributed by atoms with Crippen LogP contribution in [0.3, 0.4) is 0 Å². The van der Waals surface area contributed by atoms with Gasteiger partial charge in [0, 0.05) is 47.9 Å². The van der Waals surface area contributed by atoms with E-state index in [-0.39, 0.29) is 35.1 Å². The van der Waals surface area contributed by atoms with Crippen molar-refractivity contribution in [3.05, 3.63) is 28.5 Å². The molecule has 4 fully saturated rings. The maximum Gasteiger partial charge on any atom is 0.224 e. The van der Waals surface area contributed by atoms with Gasteiger partial charge in [0.05, 0.1) is 10.6 Å². The van der Waals surface area contributed by atoms with Crippen LogP contribution in [-0.2, 0) is 4.79 Å². The Morgan fingerprint density at radius 3 is 2.52 bits per heavy atom. The van der Waals surface area contributed by atoms with Gasteiger partial charge in [-0.3, -0.25) is 4.79 Å². The highest BCUT2D eigenvalue weighted by molar-refractivity contribution is 6.35. The first-order valence-corrected chi connectivity index (χ1v) is 10.7. The second-order valence-electron chi connectivity index (χ2n) is 9.75. The molecule has 4 bridgehead atoms. The van der Waals surface area contributed by atoms with E-state index in [1.54, 1.807) is 13.1 Å². The van der Waals surface area contributed by atoms with Crippen LogP contribution >= 0.6 is 11.6 Å². The lowest BCUT2D eigenvalue weighted by Gasteiger charge is -2.60. The quantitative estimate of drug-likeness (QED) is 0.623. The lowest BCUT2D eigenvalue weighted by molar-refractivity contribution is -0.175. The standard InChI is InChI=1S/C22H29ClFN3O2/c1-21(2,20(25)18-16(26-3)5-4-15(24)19(18)23)11-17(28)27-13-6-12-7-14(27)10-22(29,8-12)9-13/h4-5,12-14,25-26,29H,6-11H2,1-3H3. The molecule has 7 heteroatoms. The van der Waals surface area contributed by atoms with E-state index in [0.717, 1.165) is 19.3 Å². The predicted molar refractivity (Wildman–Crippen MR) is 112 cm³/mol. The summed E-state index contributed by atoms with van der Waals surface area (Å²) in [6.07, 6.45) is 4.25. The number of piperidine rings is 2. The summed E-state index contributed by atoms with van der Waals surface area (Å²) >= 11 is 6.20. The molecule has 2 aliphatic carbocycles. The zero-order chi connectivity index (χ0) is 21.1. The molecule has 2 aliphatic heterocycles. The minimum absolute atomic E-state index is 0.00989. The van der Waals surface area contributed by atoms with E-state index in [0.29, 0.717) is 30.0 Å². The molecule has 0 radical (unpaired) electrons. The number of carbonyl (C=O) groups excluding carboxylic acids is 1. The summed E-state index contributed by atoms with van der Waals surface area (Å²) in [5, 5.41) is 22.4. The Morgan fingerprint density at radius 1 is 1.34 bits per heavy atom. The van der Waals surface area contributed by atoms with Crippen molar-refractivity contribution in [3.63, 3.8) is 0 Å². The van der Waals surface area contributed by atoms with Crippen LogP contribution < -0.4 is 5.32 Å². The predicted octanol–water partition coefficient (Wildman–Crippen LogP) is 4.21. The number of aliphatic hydroxyl groups is 1. The number of amides is 1. The molecule has 2 unspecified atom stereocenters. The van der Waals surface area contributed by atoms with Crippen LogP contribution in [0, 0.1) is 22.6 Å². The number of nitrogens with zero attached hydrogens (tertiary/aromatic N) is 1. The Balaban J connectivity index is 1.56. The van der Waals surface area contributed by atoms with Crippen molar-refractivity contribution in [1.29, 1.82) is 5.41 Å². The number of carbonyl (C=O) groups is 1. The molecule has 5 nitrogen and oxygen atoms in total. The normalized spacial score (nSPS) is 30.6. The summed E-state index contributed by atoms with van der Waals surface area (Å²) in [6, 6.07) is 3.02. The van der Waals surface area contributed by atoms with Crippen molar-refractivity contribution in [2.45, 2.75) is 70.1 Å². The largest absolute Gasteiger partial charge is 0.390 e. The van der Waals surface area contributed by atoms with Gasteiger partial charge in [0.2, 0.25) is 5.91 Å². The third-order valence-corrected chi connectivity index (χ3v) is 7.44. The third kappa shape index (κ3) is 3.44. The molecule has 0 spiro atoms. The molecular formula is C22H29ClFN3O2. The SMILES string of the molecule is CNc1ccc(F)c(Cl)c1C(=N)C(C)(C)CC(=O)N1C2CC3CC1CC(O)(C3)C2. The van der Waals surface area contributed by atoms with Crippen molar-refractivity contribution in [3.8, 4) is 0 Å². The lowest BCUT2D eigenvalue weighted by Crippen LogP contribution is -2.66. The van der Waals surface area contributed by atoms with Gasteiger partial charge in [0.25, 0.3) is 0 Å². The van der Waals surface area contributed by atoms with Crippen LogP contribution in [0.25, 0.3) is 0 Å². The fraction of sp³-hybridized carbons (Fsp3) is 0.636. The van der Waals surface area contributed by atoms with Gasteiger partial charge in [-0.2, -0.15) is 0 Å². The highest BCUT2D eigenvalue weighted by Crippen LogP contribution is 2.51. The second-order valence-corrected chi connectivity index (χ2v) is 10.1. The molecule has 2 saturated carbocycles. The summed E-state index contributed by atoms with van der Waals surface area (Å²) < 4.78 is 14.1. The monoisotopic (exact) mass is 421 g/mol. The Labute approximate surface area is 176 Å². The molecule has 158 valence electrons. The minimum Gasteiger partial charge on any atom is -0.390 e.